The molecule has 0 aliphatic carbocycles. The van der Waals surface area contributed by atoms with Gasteiger partial charge in [-0.1, -0.05) is 48.7 Å². The van der Waals surface area contributed by atoms with Gasteiger partial charge in [0.15, 0.2) is 0 Å². The zero-order valence-corrected chi connectivity index (χ0v) is 14.1. The van der Waals surface area contributed by atoms with Crippen LogP contribution in [-0.4, -0.2) is 22.2 Å². The number of rotatable bonds is 7. The van der Waals surface area contributed by atoms with Crippen molar-refractivity contribution in [2.24, 2.45) is 5.92 Å². The van der Waals surface area contributed by atoms with E-state index in [0.29, 0.717) is 23.6 Å². The molecule has 0 aromatic heterocycles. The summed E-state index contributed by atoms with van der Waals surface area (Å²) in [5.41, 5.74) is 0.722. The van der Waals surface area contributed by atoms with Crippen molar-refractivity contribution in [2.75, 3.05) is 6.54 Å². The third kappa shape index (κ3) is 4.52. The topological polar surface area (TPSA) is 72.2 Å². The van der Waals surface area contributed by atoms with Crippen LogP contribution in [0.1, 0.15) is 42.6 Å². The molecule has 1 N–H and O–H groups in total. The van der Waals surface area contributed by atoms with Crippen LogP contribution in [0.2, 0.25) is 0 Å². The fourth-order valence-electron chi connectivity index (χ4n) is 2.32. The molecule has 0 fully saturated rings. The van der Waals surface area contributed by atoms with Crippen molar-refractivity contribution < 1.29 is 9.72 Å². The van der Waals surface area contributed by atoms with Crippen molar-refractivity contribution in [3.05, 3.63) is 39.4 Å². The molecule has 116 valence electrons. The van der Waals surface area contributed by atoms with Gasteiger partial charge in [0.1, 0.15) is 0 Å². The summed E-state index contributed by atoms with van der Waals surface area (Å²) < 4.78 is 0. The van der Waals surface area contributed by atoms with E-state index in [1.807, 2.05) is 0 Å². The number of benzene rings is 1. The van der Waals surface area contributed by atoms with Crippen molar-refractivity contribution in [3.8, 4) is 0 Å². The summed E-state index contributed by atoms with van der Waals surface area (Å²) in [5.74, 6) is 0.225. The first-order valence-electron chi connectivity index (χ1n) is 7.08. The van der Waals surface area contributed by atoms with Crippen LogP contribution in [0, 0.1) is 23.0 Å². The Kier molecular flexibility index (Phi) is 6.81. The van der Waals surface area contributed by atoms with Gasteiger partial charge in [-0.25, -0.2) is 0 Å². The average molecular weight is 357 g/mol. The minimum atomic E-state index is -0.469. The predicted octanol–water partition coefficient (Wildman–Crippen LogP) is 3.83. The van der Waals surface area contributed by atoms with Crippen molar-refractivity contribution in [3.63, 3.8) is 0 Å². The van der Waals surface area contributed by atoms with Crippen molar-refractivity contribution in [1.29, 1.82) is 0 Å². The zero-order chi connectivity index (χ0) is 16.0. The second-order valence-electron chi connectivity index (χ2n) is 5.01. The Labute approximate surface area is 133 Å². The Bertz CT molecular complexity index is 516. The summed E-state index contributed by atoms with van der Waals surface area (Å²) >= 11 is 3.60. The number of nitro benzene ring substituents is 1. The highest BCUT2D eigenvalue weighted by Gasteiger charge is 2.20. The van der Waals surface area contributed by atoms with Crippen molar-refractivity contribution in [2.45, 2.75) is 38.4 Å². The number of alkyl halides is 1. The summed E-state index contributed by atoms with van der Waals surface area (Å²) in [4.78, 5) is 22.8. The molecule has 0 saturated heterocycles. The van der Waals surface area contributed by atoms with E-state index < -0.39 is 4.92 Å². The highest BCUT2D eigenvalue weighted by atomic mass is 79.9. The van der Waals surface area contributed by atoms with Gasteiger partial charge in [0.2, 0.25) is 0 Å². The maximum atomic E-state index is 12.2. The van der Waals surface area contributed by atoms with E-state index in [4.69, 9.17) is 0 Å². The SMILES string of the molecule is CCC(CC)C(Br)CNC(=O)c1cccc([N+](=O)[O-])c1C. The molecule has 1 unspecified atom stereocenters. The normalized spacial score (nSPS) is 12.2. The zero-order valence-electron chi connectivity index (χ0n) is 12.6. The molecule has 0 spiro atoms. The molecule has 1 atom stereocenters. The smallest absolute Gasteiger partial charge is 0.273 e. The lowest BCUT2D eigenvalue weighted by Crippen LogP contribution is -2.33. The first-order chi connectivity index (χ1) is 9.92. The van der Waals surface area contributed by atoms with Crippen molar-refractivity contribution in [1.82, 2.24) is 5.32 Å². The first kappa shape index (κ1) is 17.6. The van der Waals surface area contributed by atoms with Gasteiger partial charge in [-0.2, -0.15) is 0 Å². The number of nitro groups is 1. The van der Waals surface area contributed by atoms with Crippen molar-refractivity contribution >= 4 is 27.5 Å². The lowest BCUT2D eigenvalue weighted by molar-refractivity contribution is -0.385. The van der Waals surface area contributed by atoms with Gasteiger partial charge in [-0.05, 0) is 18.9 Å². The third-order valence-electron chi connectivity index (χ3n) is 3.76. The lowest BCUT2D eigenvalue weighted by atomic mass is 9.99. The van der Waals surface area contributed by atoms with Crippen LogP contribution in [-0.2, 0) is 0 Å². The van der Waals surface area contributed by atoms with E-state index in [-0.39, 0.29) is 16.4 Å². The molecule has 21 heavy (non-hydrogen) atoms. The fourth-order valence-corrected chi connectivity index (χ4v) is 3.23. The maximum Gasteiger partial charge on any atom is 0.273 e. The number of amides is 1. The molecule has 0 aliphatic rings. The van der Waals surface area contributed by atoms with Gasteiger partial charge in [-0.15, -0.1) is 0 Å². The molecular formula is C15H21BrN2O3. The molecule has 6 heteroatoms. The molecular weight excluding hydrogens is 336 g/mol. The van der Waals surface area contributed by atoms with Crippen LogP contribution in [0.4, 0.5) is 5.69 Å². The van der Waals surface area contributed by atoms with Crippen LogP contribution in [0.3, 0.4) is 0 Å². The Morgan fingerprint density at radius 3 is 2.52 bits per heavy atom. The Balaban J connectivity index is 2.77. The van der Waals surface area contributed by atoms with E-state index in [0.717, 1.165) is 12.8 Å². The van der Waals surface area contributed by atoms with Crippen LogP contribution in [0.5, 0.6) is 0 Å². The quantitative estimate of drug-likeness (QED) is 0.458. The predicted molar refractivity (Wildman–Crippen MR) is 87.0 cm³/mol. The lowest BCUT2D eigenvalue weighted by Gasteiger charge is -2.20. The number of hydrogen-bond acceptors (Lipinski definition) is 3. The van der Waals surface area contributed by atoms with Gasteiger partial charge in [-0.3, -0.25) is 14.9 Å². The summed E-state index contributed by atoms with van der Waals surface area (Å²) in [6.45, 7) is 6.34. The van der Waals surface area contributed by atoms with Crippen LogP contribution >= 0.6 is 15.9 Å². The number of carbonyl (C=O) groups excluding carboxylic acids is 1. The molecule has 0 bridgehead atoms. The van der Waals surface area contributed by atoms with Crippen LogP contribution < -0.4 is 5.32 Å². The first-order valence-corrected chi connectivity index (χ1v) is 8.00. The molecule has 0 radical (unpaired) electrons. The van der Waals surface area contributed by atoms with E-state index in [1.165, 1.54) is 12.1 Å². The van der Waals surface area contributed by atoms with Gasteiger partial charge in [0.05, 0.1) is 4.92 Å². The minimum absolute atomic E-state index is 0.0296. The minimum Gasteiger partial charge on any atom is -0.351 e. The van der Waals surface area contributed by atoms with Gasteiger partial charge in [0, 0.05) is 28.6 Å². The van der Waals surface area contributed by atoms with E-state index >= 15 is 0 Å². The number of halogens is 1. The average Bonchev–Trinajstić information content (AvgIpc) is 2.46. The fraction of sp³-hybridized carbons (Fsp3) is 0.533. The van der Waals surface area contributed by atoms with E-state index in [9.17, 15) is 14.9 Å². The Morgan fingerprint density at radius 1 is 1.38 bits per heavy atom. The Hall–Kier alpha value is -1.43. The number of hydrogen-bond donors (Lipinski definition) is 1. The summed E-state index contributed by atoms with van der Waals surface area (Å²) in [6, 6.07) is 4.55. The second kappa shape index (κ2) is 8.12. The molecule has 5 nitrogen and oxygen atoms in total. The molecule has 0 saturated carbocycles. The summed E-state index contributed by atoms with van der Waals surface area (Å²) in [7, 11) is 0. The molecule has 0 heterocycles. The van der Waals surface area contributed by atoms with E-state index in [1.54, 1.807) is 13.0 Å². The molecule has 1 aromatic carbocycles. The monoisotopic (exact) mass is 356 g/mol. The number of carbonyl (C=O) groups is 1. The highest BCUT2D eigenvalue weighted by molar-refractivity contribution is 9.09. The molecule has 1 amide bonds. The Morgan fingerprint density at radius 2 is 2.00 bits per heavy atom. The highest BCUT2D eigenvalue weighted by Crippen LogP contribution is 2.22. The maximum absolute atomic E-state index is 12.2. The van der Waals surface area contributed by atoms with Gasteiger partial charge < -0.3 is 5.32 Å². The van der Waals surface area contributed by atoms with Gasteiger partial charge in [0.25, 0.3) is 11.6 Å². The standard InChI is InChI=1S/C15H21BrN2O3/c1-4-11(5-2)13(16)9-17-15(19)12-7-6-8-14(10(12)3)18(20)21/h6-8,11,13H,4-5,9H2,1-3H3,(H,17,19). The summed E-state index contributed by atoms with van der Waals surface area (Å²) in [6.07, 6.45) is 2.08. The largest absolute Gasteiger partial charge is 0.351 e. The summed E-state index contributed by atoms with van der Waals surface area (Å²) in [5, 5.41) is 13.7. The molecule has 1 rings (SSSR count). The van der Waals surface area contributed by atoms with Gasteiger partial charge >= 0.3 is 0 Å². The van der Waals surface area contributed by atoms with Crippen LogP contribution in [0.25, 0.3) is 0 Å². The molecule has 1 aromatic rings. The third-order valence-corrected chi connectivity index (χ3v) is 4.84. The molecule has 0 aliphatic heterocycles. The van der Waals surface area contributed by atoms with E-state index in [2.05, 4.69) is 35.1 Å². The number of nitrogens with zero attached hydrogens (tertiary/aromatic N) is 1. The second-order valence-corrected chi connectivity index (χ2v) is 6.19. The number of nitrogens with one attached hydrogen (secondary N) is 1. The van der Waals surface area contributed by atoms with Crippen LogP contribution in [0.15, 0.2) is 18.2 Å².